The monoisotopic (exact) mass is 487 g/mol. The normalized spacial score (nSPS) is 21.1. The SMILES string of the molecule is CO[C@H]1CC[C@H](NC(=O)c2cnn3ccc(-c4c[nH]c5nc(NC6CCCCC6)ncc45)cc23)CC1. The second-order valence-corrected chi connectivity index (χ2v) is 10.1. The van der Waals surface area contributed by atoms with Gasteiger partial charge in [-0.25, -0.2) is 9.50 Å². The van der Waals surface area contributed by atoms with Crippen molar-refractivity contribution in [1.29, 1.82) is 0 Å². The Labute approximate surface area is 210 Å². The van der Waals surface area contributed by atoms with Crippen LogP contribution in [0, 0.1) is 0 Å². The van der Waals surface area contributed by atoms with Crippen LogP contribution in [0.5, 0.6) is 0 Å². The molecule has 0 saturated heterocycles. The Balaban J connectivity index is 1.23. The van der Waals surface area contributed by atoms with Crippen molar-refractivity contribution < 1.29 is 9.53 Å². The minimum absolute atomic E-state index is 0.0799. The minimum atomic E-state index is -0.0799. The van der Waals surface area contributed by atoms with Gasteiger partial charge in [0.25, 0.3) is 5.91 Å². The van der Waals surface area contributed by atoms with Gasteiger partial charge in [-0.1, -0.05) is 19.3 Å². The summed E-state index contributed by atoms with van der Waals surface area (Å²) >= 11 is 0. The smallest absolute Gasteiger partial charge is 0.255 e. The van der Waals surface area contributed by atoms with Crippen molar-refractivity contribution >= 4 is 28.4 Å². The van der Waals surface area contributed by atoms with Crippen molar-refractivity contribution in [2.45, 2.75) is 76.0 Å². The molecule has 9 nitrogen and oxygen atoms in total. The van der Waals surface area contributed by atoms with E-state index in [1.54, 1.807) is 17.8 Å². The predicted octanol–water partition coefficient (Wildman–Crippen LogP) is 4.70. The first-order valence-electron chi connectivity index (χ1n) is 13.1. The number of methoxy groups -OCH3 is 1. The number of carbonyl (C=O) groups excluding carboxylic acids is 1. The number of aromatic nitrogens is 5. The third-order valence-electron chi connectivity index (χ3n) is 7.79. The van der Waals surface area contributed by atoms with Gasteiger partial charge in [-0.3, -0.25) is 4.79 Å². The molecule has 4 aromatic heterocycles. The number of ether oxygens (including phenoxy) is 1. The van der Waals surface area contributed by atoms with E-state index in [1.165, 1.54) is 32.1 Å². The number of aromatic amines is 1. The lowest BCUT2D eigenvalue weighted by molar-refractivity contribution is 0.0599. The summed E-state index contributed by atoms with van der Waals surface area (Å²) < 4.78 is 7.20. The van der Waals surface area contributed by atoms with E-state index in [4.69, 9.17) is 9.72 Å². The number of fused-ring (bicyclic) bond motifs is 2. The van der Waals surface area contributed by atoms with Gasteiger partial charge in [-0.05, 0) is 56.2 Å². The second-order valence-electron chi connectivity index (χ2n) is 10.1. The fourth-order valence-corrected chi connectivity index (χ4v) is 5.67. The Bertz CT molecular complexity index is 1360. The molecule has 1 amide bonds. The van der Waals surface area contributed by atoms with Crippen LogP contribution in [-0.4, -0.2) is 55.8 Å². The van der Waals surface area contributed by atoms with E-state index in [1.807, 2.05) is 30.7 Å². The molecule has 0 unspecified atom stereocenters. The maximum Gasteiger partial charge on any atom is 0.255 e. The van der Waals surface area contributed by atoms with E-state index in [2.05, 4.69) is 25.7 Å². The molecule has 4 aromatic rings. The number of hydrogen-bond donors (Lipinski definition) is 3. The highest BCUT2D eigenvalue weighted by Crippen LogP contribution is 2.30. The summed E-state index contributed by atoms with van der Waals surface area (Å²) in [5.41, 5.74) is 4.15. The zero-order chi connectivity index (χ0) is 24.5. The molecule has 9 heteroatoms. The summed E-state index contributed by atoms with van der Waals surface area (Å²) in [5, 5.41) is 12.1. The highest BCUT2D eigenvalue weighted by atomic mass is 16.5. The fraction of sp³-hybridized carbons (Fsp3) is 0.481. The van der Waals surface area contributed by atoms with Crippen LogP contribution in [0.25, 0.3) is 27.7 Å². The molecule has 36 heavy (non-hydrogen) atoms. The molecule has 0 aromatic carbocycles. The first-order chi connectivity index (χ1) is 17.7. The number of nitrogens with zero attached hydrogens (tertiary/aromatic N) is 4. The first kappa shape index (κ1) is 23.0. The number of pyridine rings is 1. The lowest BCUT2D eigenvalue weighted by Gasteiger charge is -2.28. The molecule has 3 N–H and O–H groups in total. The number of hydrogen-bond acceptors (Lipinski definition) is 6. The molecular formula is C27H33N7O2. The van der Waals surface area contributed by atoms with Gasteiger partial charge in [0.1, 0.15) is 5.65 Å². The molecule has 0 radical (unpaired) electrons. The molecule has 2 aliphatic carbocycles. The van der Waals surface area contributed by atoms with Gasteiger partial charge in [-0.2, -0.15) is 10.1 Å². The number of rotatable bonds is 6. The van der Waals surface area contributed by atoms with Crippen molar-refractivity contribution in [3.05, 3.63) is 42.5 Å². The zero-order valence-electron chi connectivity index (χ0n) is 20.7. The van der Waals surface area contributed by atoms with Crippen molar-refractivity contribution in [1.82, 2.24) is 29.9 Å². The molecule has 2 fully saturated rings. The van der Waals surface area contributed by atoms with Crippen LogP contribution in [0.2, 0.25) is 0 Å². The number of nitrogens with one attached hydrogen (secondary N) is 3. The maximum atomic E-state index is 13.1. The number of carbonyl (C=O) groups is 1. The molecule has 2 saturated carbocycles. The van der Waals surface area contributed by atoms with Crippen molar-refractivity contribution in [2.75, 3.05) is 12.4 Å². The van der Waals surface area contributed by atoms with E-state index >= 15 is 0 Å². The molecule has 2 aliphatic rings. The lowest BCUT2D eigenvalue weighted by atomic mass is 9.93. The van der Waals surface area contributed by atoms with Gasteiger partial charge in [0.05, 0.1) is 23.4 Å². The van der Waals surface area contributed by atoms with Crippen LogP contribution in [0.4, 0.5) is 5.95 Å². The minimum Gasteiger partial charge on any atom is -0.381 e. The Kier molecular flexibility index (Phi) is 6.31. The average Bonchev–Trinajstić information content (AvgIpc) is 3.53. The third-order valence-corrected chi connectivity index (χ3v) is 7.79. The maximum absolute atomic E-state index is 13.1. The van der Waals surface area contributed by atoms with Crippen LogP contribution in [0.1, 0.15) is 68.1 Å². The van der Waals surface area contributed by atoms with Crippen molar-refractivity contribution in [2.24, 2.45) is 0 Å². The van der Waals surface area contributed by atoms with E-state index in [0.29, 0.717) is 23.7 Å². The van der Waals surface area contributed by atoms with E-state index in [-0.39, 0.29) is 11.9 Å². The third kappa shape index (κ3) is 4.55. The molecule has 0 bridgehead atoms. The van der Waals surface area contributed by atoms with Crippen LogP contribution in [-0.2, 0) is 4.74 Å². The summed E-state index contributed by atoms with van der Waals surface area (Å²) in [5.74, 6) is 0.594. The van der Waals surface area contributed by atoms with Gasteiger partial charge in [0.15, 0.2) is 0 Å². The van der Waals surface area contributed by atoms with Crippen molar-refractivity contribution in [3.8, 4) is 11.1 Å². The Hall–Kier alpha value is -3.46. The molecule has 0 atom stereocenters. The topological polar surface area (TPSA) is 109 Å². The van der Waals surface area contributed by atoms with Crippen LogP contribution in [0.3, 0.4) is 0 Å². The van der Waals surface area contributed by atoms with Crippen LogP contribution in [0.15, 0.2) is 36.9 Å². The van der Waals surface area contributed by atoms with Gasteiger partial charge >= 0.3 is 0 Å². The summed E-state index contributed by atoms with van der Waals surface area (Å²) in [4.78, 5) is 25.7. The quantitative estimate of drug-likeness (QED) is 0.364. The first-order valence-corrected chi connectivity index (χ1v) is 13.1. The molecule has 0 aliphatic heterocycles. The second kappa shape index (κ2) is 9.89. The number of amides is 1. The van der Waals surface area contributed by atoms with Crippen LogP contribution >= 0.6 is 0 Å². The summed E-state index contributed by atoms with van der Waals surface area (Å²) in [6.45, 7) is 0. The lowest BCUT2D eigenvalue weighted by Crippen LogP contribution is -2.38. The molecular weight excluding hydrogens is 454 g/mol. The highest BCUT2D eigenvalue weighted by molar-refractivity contribution is 6.02. The average molecular weight is 488 g/mol. The van der Waals surface area contributed by atoms with Gasteiger partial charge in [0.2, 0.25) is 5.95 Å². The van der Waals surface area contributed by atoms with E-state index in [0.717, 1.165) is 53.4 Å². The highest BCUT2D eigenvalue weighted by Gasteiger charge is 2.24. The van der Waals surface area contributed by atoms with Crippen molar-refractivity contribution in [3.63, 3.8) is 0 Å². The Morgan fingerprint density at radius 1 is 1.08 bits per heavy atom. The number of H-pyrrole nitrogens is 1. The van der Waals surface area contributed by atoms with Crippen LogP contribution < -0.4 is 10.6 Å². The molecule has 188 valence electrons. The van der Waals surface area contributed by atoms with Gasteiger partial charge in [-0.15, -0.1) is 0 Å². The molecule has 6 rings (SSSR count). The zero-order valence-corrected chi connectivity index (χ0v) is 20.7. The summed E-state index contributed by atoms with van der Waals surface area (Å²) in [6, 6.07) is 4.64. The fourth-order valence-electron chi connectivity index (χ4n) is 5.67. The molecule has 4 heterocycles. The Morgan fingerprint density at radius 2 is 1.92 bits per heavy atom. The number of anilines is 1. The van der Waals surface area contributed by atoms with Gasteiger partial charge in [0, 0.05) is 48.7 Å². The standard InChI is InChI=1S/C27H33N7O2/c1-36-20-9-7-19(8-10-20)31-26(35)23-16-30-34-12-11-17(13-24(23)34)21-14-28-25-22(21)15-29-27(33-25)32-18-5-3-2-4-6-18/h11-16,18-20H,2-10H2,1H3,(H,31,35)(H2,28,29,32,33)/t19-,20-. The predicted molar refractivity (Wildman–Crippen MR) is 139 cm³/mol. The van der Waals surface area contributed by atoms with E-state index in [9.17, 15) is 4.79 Å². The molecule has 0 spiro atoms. The summed E-state index contributed by atoms with van der Waals surface area (Å²) in [6.07, 6.45) is 17.7. The summed E-state index contributed by atoms with van der Waals surface area (Å²) in [7, 11) is 1.76. The van der Waals surface area contributed by atoms with Gasteiger partial charge < -0.3 is 20.4 Å². The Morgan fingerprint density at radius 3 is 2.72 bits per heavy atom. The largest absolute Gasteiger partial charge is 0.381 e. The van der Waals surface area contributed by atoms with E-state index < -0.39 is 0 Å².